The van der Waals surface area contributed by atoms with Gasteiger partial charge in [0, 0.05) is 0 Å². The molecule has 0 heterocycles. The van der Waals surface area contributed by atoms with Crippen molar-refractivity contribution in [3.05, 3.63) is 58.7 Å². The van der Waals surface area contributed by atoms with Crippen LogP contribution in [0.5, 0.6) is 0 Å². The minimum Gasteiger partial charge on any atom is -0.481 e. The Balaban J connectivity index is 2.08. The van der Waals surface area contributed by atoms with Gasteiger partial charge in [0.2, 0.25) is 0 Å². The lowest BCUT2D eigenvalue weighted by atomic mass is 9.62. The van der Waals surface area contributed by atoms with Crippen molar-refractivity contribution in [1.82, 2.24) is 0 Å². The smallest absolute Gasteiger partial charge is 0.307 e. The van der Waals surface area contributed by atoms with Crippen LogP contribution in [0.15, 0.2) is 36.4 Å². The van der Waals surface area contributed by atoms with Crippen molar-refractivity contribution in [3.8, 4) is 11.1 Å². The van der Waals surface area contributed by atoms with Crippen LogP contribution in [0.1, 0.15) is 62.8 Å². The number of fused-ring (bicyclic) bond motifs is 1. The molecule has 2 nitrogen and oxygen atoms in total. The zero-order chi connectivity index (χ0) is 18.4. The van der Waals surface area contributed by atoms with Gasteiger partial charge in [0.15, 0.2) is 0 Å². The second-order valence-corrected chi connectivity index (χ2v) is 8.75. The molecule has 1 N–H and O–H groups in total. The molecule has 0 saturated heterocycles. The first kappa shape index (κ1) is 17.7. The molecule has 132 valence electrons. The van der Waals surface area contributed by atoms with Crippen LogP contribution in [0, 0.1) is 6.92 Å². The van der Waals surface area contributed by atoms with Gasteiger partial charge in [-0.2, -0.15) is 0 Å². The third-order valence-corrected chi connectivity index (χ3v) is 5.82. The molecule has 0 atom stereocenters. The fraction of sp³-hybridized carbons (Fsp3) is 0.435. The zero-order valence-corrected chi connectivity index (χ0v) is 15.9. The Kier molecular flexibility index (Phi) is 4.26. The van der Waals surface area contributed by atoms with E-state index in [2.05, 4.69) is 46.8 Å². The Morgan fingerprint density at radius 2 is 1.48 bits per heavy atom. The number of rotatable bonds is 3. The average Bonchev–Trinajstić information content (AvgIpc) is 2.52. The number of aliphatic carboxylic acids is 1. The first-order valence-electron chi connectivity index (χ1n) is 9.07. The van der Waals surface area contributed by atoms with E-state index in [-0.39, 0.29) is 17.3 Å². The normalized spacial score (nSPS) is 17.8. The number of carbonyl (C=O) groups is 1. The maximum absolute atomic E-state index is 10.9. The van der Waals surface area contributed by atoms with Crippen molar-refractivity contribution in [3.63, 3.8) is 0 Å². The Morgan fingerprint density at radius 3 is 2.00 bits per heavy atom. The molecule has 0 aliphatic heterocycles. The van der Waals surface area contributed by atoms with Crippen LogP contribution in [0.3, 0.4) is 0 Å². The van der Waals surface area contributed by atoms with Crippen LogP contribution in [0.2, 0.25) is 0 Å². The Labute approximate surface area is 150 Å². The van der Waals surface area contributed by atoms with Gasteiger partial charge in [-0.25, -0.2) is 0 Å². The van der Waals surface area contributed by atoms with Crippen molar-refractivity contribution in [1.29, 1.82) is 0 Å². The SMILES string of the molecule is Cc1cc2c(cc1-c1ccc(CC(=O)O)cc1)C(C)(C)CCC2(C)C. The summed E-state index contributed by atoms with van der Waals surface area (Å²) < 4.78 is 0. The second-order valence-electron chi connectivity index (χ2n) is 8.75. The fourth-order valence-corrected chi connectivity index (χ4v) is 4.01. The summed E-state index contributed by atoms with van der Waals surface area (Å²) in [5.74, 6) is -0.790. The lowest BCUT2D eigenvalue weighted by molar-refractivity contribution is -0.136. The van der Waals surface area contributed by atoms with Gasteiger partial charge >= 0.3 is 5.97 Å². The second kappa shape index (κ2) is 6.01. The molecular weight excluding hydrogens is 308 g/mol. The largest absolute Gasteiger partial charge is 0.481 e. The summed E-state index contributed by atoms with van der Waals surface area (Å²) in [6, 6.07) is 12.7. The third-order valence-electron chi connectivity index (χ3n) is 5.82. The maximum Gasteiger partial charge on any atom is 0.307 e. The average molecular weight is 336 g/mol. The van der Waals surface area contributed by atoms with Crippen molar-refractivity contribution in [2.24, 2.45) is 0 Å². The minimum atomic E-state index is -0.790. The van der Waals surface area contributed by atoms with Crippen molar-refractivity contribution < 1.29 is 9.90 Å². The molecule has 0 fully saturated rings. The summed E-state index contributed by atoms with van der Waals surface area (Å²) in [6.45, 7) is 11.6. The highest BCUT2D eigenvalue weighted by Gasteiger charge is 2.37. The van der Waals surface area contributed by atoms with Gasteiger partial charge in [0.25, 0.3) is 0 Å². The lowest BCUT2D eigenvalue weighted by Gasteiger charge is -2.42. The van der Waals surface area contributed by atoms with Crippen molar-refractivity contribution in [2.45, 2.75) is 64.7 Å². The molecule has 1 aliphatic carbocycles. The number of carboxylic acids is 1. The number of hydrogen-bond acceptors (Lipinski definition) is 1. The van der Waals surface area contributed by atoms with E-state index in [0.717, 1.165) is 11.1 Å². The number of carboxylic acid groups (broad SMARTS) is 1. The molecule has 0 amide bonds. The summed E-state index contributed by atoms with van der Waals surface area (Å²) >= 11 is 0. The minimum absolute atomic E-state index is 0.0741. The van der Waals surface area contributed by atoms with Gasteiger partial charge in [-0.15, -0.1) is 0 Å². The van der Waals surface area contributed by atoms with Crippen molar-refractivity contribution in [2.75, 3.05) is 0 Å². The molecule has 0 aromatic heterocycles. The third kappa shape index (κ3) is 3.35. The highest BCUT2D eigenvalue weighted by Crippen LogP contribution is 2.47. The number of hydrogen-bond donors (Lipinski definition) is 1. The predicted octanol–water partition coefficient (Wildman–Crippen LogP) is 5.64. The van der Waals surface area contributed by atoms with E-state index in [0.29, 0.717) is 0 Å². The standard InChI is InChI=1S/C23H28O2/c1-15-12-19-20(23(4,5)11-10-22(19,2)3)14-18(15)17-8-6-16(7-9-17)13-21(24)25/h6-9,12,14H,10-11,13H2,1-5H3,(H,24,25). The van der Waals surface area contributed by atoms with Gasteiger partial charge in [-0.1, -0.05) is 64.1 Å². The number of benzene rings is 2. The van der Waals surface area contributed by atoms with E-state index in [4.69, 9.17) is 5.11 Å². The Morgan fingerprint density at radius 1 is 0.960 bits per heavy atom. The molecule has 2 aromatic carbocycles. The first-order valence-corrected chi connectivity index (χ1v) is 9.07. The van der Waals surface area contributed by atoms with E-state index in [1.807, 2.05) is 24.3 Å². The molecule has 2 heteroatoms. The molecule has 0 bridgehead atoms. The summed E-state index contributed by atoms with van der Waals surface area (Å²) in [5, 5.41) is 8.94. The van der Waals surface area contributed by atoms with Gasteiger partial charge < -0.3 is 5.11 Å². The van der Waals surface area contributed by atoms with E-state index in [9.17, 15) is 4.79 Å². The van der Waals surface area contributed by atoms with Crippen LogP contribution < -0.4 is 0 Å². The van der Waals surface area contributed by atoms with E-state index in [1.54, 1.807) is 0 Å². The van der Waals surface area contributed by atoms with E-state index in [1.165, 1.54) is 35.1 Å². The maximum atomic E-state index is 10.9. The summed E-state index contributed by atoms with van der Waals surface area (Å²) in [5.41, 5.74) is 7.89. The number of aryl methyl sites for hydroxylation is 1. The van der Waals surface area contributed by atoms with E-state index < -0.39 is 5.97 Å². The monoisotopic (exact) mass is 336 g/mol. The molecule has 0 spiro atoms. The van der Waals surface area contributed by atoms with Gasteiger partial charge in [0.1, 0.15) is 0 Å². The quantitative estimate of drug-likeness (QED) is 0.787. The van der Waals surface area contributed by atoms with Gasteiger partial charge in [0.05, 0.1) is 6.42 Å². The highest BCUT2D eigenvalue weighted by molar-refractivity contribution is 5.73. The highest BCUT2D eigenvalue weighted by atomic mass is 16.4. The molecule has 25 heavy (non-hydrogen) atoms. The molecule has 2 aromatic rings. The molecule has 0 unspecified atom stereocenters. The fourth-order valence-electron chi connectivity index (χ4n) is 4.01. The topological polar surface area (TPSA) is 37.3 Å². The first-order chi connectivity index (χ1) is 11.6. The van der Waals surface area contributed by atoms with Crippen LogP contribution in [0.25, 0.3) is 11.1 Å². The lowest BCUT2D eigenvalue weighted by Crippen LogP contribution is -2.34. The van der Waals surface area contributed by atoms with Crippen molar-refractivity contribution >= 4 is 5.97 Å². The molecule has 3 rings (SSSR count). The molecular formula is C23H28O2. The van der Waals surface area contributed by atoms with Crippen LogP contribution >= 0.6 is 0 Å². The zero-order valence-electron chi connectivity index (χ0n) is 15.9. The summed E-state index contributed by atoms with van der Waals surface area (Å²) in [6.07, 6.45) is 2.49. The summed E-state index contributed by atoms with van der Waals surface area (Å²) in [7, 11) is 0. The molecule has 0 saturated carbocycles. The Bertz CT molecular complexity index is 811. The van der Waals surface area contributed by atoms with Gasteiger partial charge in [-0.05, 0) is 64.0 Å². The van der Waals surface area contributed by atoms with Gasteiger partial charge in [-0.3, -0.25) is 4.79 Å². The van der Waals surface area contributed by atoms with E-state index >= 15 is 0 Å². The van der Waals surface area contributed by atoms with Crippen LogP contribution in [-0.2, 0) is 22.0 Å². The van der Waals surface area contributed by atoms with Crippen LogP contribution in [-0.4, -0.2) is 11.1 Å². The molecule has 1 aliphatic rings. The van der Waals surface area contributed by atoms with Crippen LogP contribution in [0.4, 0.5) is 0 Å². The predicted molar refractivity (Wildman–Crippen MR) is 103 cm³/mol. The Hall–Kier alpha value is -2.09. The molecule has 0 radical (unpaired) electrons. The summed E-state index contributed by atoms with van der Waals surface area (Å²) in [4.78, 5) is 10.9.